The van der Waals surface area contributed by atoms with E-state index in [1.165, 1.54) is 21.8 Å². The first-order valence-corrected chi connectivity index (χ1v) is 10.5. The summed E-state index contributed by atoms with van der Waals surface area (Å²) in [5, 5.41) is 6.20. The summed E-state index contributed by atoms with van der Waals surface area (Å²) in [5.41, 5.74) is 1.29. The summed E-state index contributed by atoms with van der Waals surface area (Å²) in [4.78, 5) is 26.9. The summed E-state index contributed by atoms with van der Waals surface area (Å²) in [5.74, 6) is -0.181. The van der Waals surface area contributed by atoms with E-state index in [-0.39, 0.29) is 18.0 Å². The van der Waals surface area contributed by atoms with Gasteiger partial charge in [0, 0.05) is 16.6 Å². The van der Waals surface area contributed by atoms with Crippen LogP contribution in [-0.2, 0) is 11.3 Å². The SMILES string of the molecule is O=C(C[NH+]1CC[NH+](Cc2ccc(Cl)cc2)CC1)NC(=O)NC1CCCCC1. The minimum Gasteiger partial charge on any atom is -0.335 e. The number of urea groups is 1. The molecule has 1 aliphatic carbocycles. The third-order valence-corrected chi connectivity index (χ3v) is 5.89. The molecule has 0 spiro atoms. The van der Waals surface area contributed by atoms with Crippen LogP contribution >= 0.6 is 11.6 Å². The van der Waals surface area contributed by atoms with E-state index >= 15 is 0 Å². The third kappa shape index (κ3) is 6.79. The van der Waals surface area contributed by atoms with E-state index < -0.39 is 0 Å². The van der Waals surface area contributed by atoms with Crippen LogP contribution < -0.4 is 20.4 Å². The van der Waals surface area contributed by atoms with Crippen molar-refractivity contribution in [2.24, 2.45) is 0 Å². The summed E-state index contributed by atoms with van der Waals surface area (Å²) in [6, 6.07) is 7.90. The van der Waals surface area contributed by atoms with Crippen molar-refractivity contribution in [2.75, 3.05) is 32.7 Å². The van der Waals surface area contributed by atoms with Crippen molar-refractivity contribution in [3.63, 3.8) is 0 Å². The summed E-state index contributed by atoms with van der Waals surface area (Å²) in [6.45, 7) is 5.30. The van der Waals surface area contributed by atoms with E-state index in [2.05, 4.69) is 22.8 Å². The third-order valence-electron chi connectivity index (χ3n) is 5.64. The maximum Gasteiger partial charge on any atom is 0.321 e. The predicted octanol–water partition coefficient (Wildman–Crippen LogP) is -0.218. The van der Waals surface area contributed by atoms with Gasteiger partial charge in [-0.25, -0.2) is 4.79 Å². The Labute approximate surface area is 166 Å². The molecule has 2 fully saturated rings. The molecule has 0 aromatic heterocycles. The number of nitrogens with one attached hydrogen (secondary N) is 4. The van der Waals surface area contributed by atoms with Crippen molar-refractivity contribution in [1.29, 1.82) is 0 Å². The number of quaternary nitrogens is 2. The quantitative estimate of drug-likeness (QED) is 0.558. The highest BCUT2D eigenvalue weighted by Crippen LogP contribution is 2.17. The fraction of sp³-hybridized carbons (Fsp3) is 0.600. The van der Waals surface area contributed by atoms with Gasteiger partial charge >= 0.3 is 6.03 Å². The Morgan fingerprint density at radius 3 is 2.26 bits per heavy atom. The smallest absolute Gasteiger partial charge is 0.321 e. The van der Waals surface area contributed by atoms with Crippen molar-refractivity contribution >= 4 is 23.5 Å². The van der Waals surface area contributed by atoms with Crippen LogP contribution in [0.2, 0.25) is 5.02 Å². The number of imide groups is 1. The molecule has 0 unspecified atom stereocenters. The number of carbonyl (C=O) groups excluding carboxylic acids is 2. The highest BCUT2D eigenvalue weighted by atomic mass is 35.5. The number of carbonyl (C=O) groups is 2. The lowest BCUT2D eigenvalue weighted by atomic mass is 9.96. The Morgan fingerprint density at radius 1 is 0.963 bits per heavy atom. The van der Waals surface area contributed by atoms with Crippen LogP contribution in [0.4, 0.5) is 4.79 Å². The maximum atomic E-state index is 12.2. The normalized spacial score (nSPS) is 23.6. The van der Waals surface area contributed by atoms with Gasteiger partial charge in [-0.05, 0) is 25.0 Å². The Balaban J connectivity index is 1.33. The van der Waals surface area contributed by atoms with E-state index in [4.69, 9.17) is 11.6 Å². The molecule has 3 rings (SSSR count). The van der Waals surface area contributed by atoms with Crippen molar-refractivity contribution < 1.29 is 19.4 Å². The first-order chi connectivity index (χ1) is 13.1. The highest BCUT2D eigenvalue weighted by molar-refractivity contribution is 6.30. The largest absolute Gasteiger partial charge is 0.335 e. The number of benzene rings is 1. The second-order valence-electron chi connectivity index (χ2n) is 7.84. The molecule has 0 bridgehead atoms. The van der Waals surface area contributed by atoms with Crippen LogP contribution in [0.3, 0.4) is 0 Å². The molecule has 1 aromatic rings. The number of piperazine rings is 1. The molecule has 7 heteroatoms. The molecular weight excluding hydrogens is 364 g/mol. The minimum absolute atomic E-state index is 0.181. The predicted molar refractivity (Wildman–Crippen MR) is 105 cm³/mol. The molecule has 2 aliphatic rings. The second-order valence-corrected chi connectivity index (χ2v) is 8.27. The summed E-state index contributed by atoms with van der Waals surface area (Å²) < 4.78 is 0. The molecule has 0 radical (unpaired) electrons. The Bertz CT molecular complexity index is 623. The van der Waals surface area contributed by atoms with Crippen LogP contribution in [-0.4, -0.2) is 50.7 Å². The molecule has 27 heavy (non-hydrogen) atoms. The minimum atomic E-state index is -0.335. The van der Waals surface area contributed by atoms with E-state index in [0.717, 1.165) is 63.4 Å². The monoisotopic (exact) mass is 394 g/mol. The van der Waals surface area contributed by atoms with Crippen LogP contribution in [0.5, 0.6) is 0 Å². The van der Waals surface area contributed by atoms with Gasteiger partial charge in [0.1, 0.15) is 32.7 Å². The van der Waals surface area contributed by atoms with Gasteiger partial charge in [0.05, 0.1) is 0 Å². The van der Waals surface area contributed by atoms with Crippen LogP contribution in [0, 0.1) is 0 Å². The van der Waals surface area contributed by atoms with Gasteiger partial charge in [0.2, 0.25) is 0 Å². The standard InChI is InChI=1S/C20H29ClN4O2/c21-17-8-6-16(7-9-17)14-24-10-12-25(13-11-24)15-19(26)23-20(27)22-18-4-2-1-3-5-18/h6-9,18H,1-5,10-15H2,(H2,22,23,26,27)/p+2. The van der Waals surface area contributed by atoms with E-state index in [0.29, 0.717) is 6.54 Å². The van der Waals surface area contributed by atoms with Crippen molar-refractivity contribution in [2.45, 2.75) is 44.7 Å². The van der Waals surface area contributed by atoms with Crippen LogP contribution in [0.15, 0.2) is 24.3 Å². The lowest BCUT2D eigenvalue weighted by molar-refractivity contribution is -1.02. The Hall–Kier alpha value is -1.63. The van der Waals surface area contributed by atoms with Gasteiger partial charge in [0.25, 0.3) is 5.91 Å². The van der Waals surface area contributed by atoms with E-state index in [1.807, 2.05) is 12.1 Å². The molecule has 1 saturated heterocycles. The van der Waals surface area contributed by atoms with E-state index in [1.54, 1.807) is 0 Å². The van der Waals surface area contributed by atoms with Crippen LogP contribution in [0.1, 0.15) is 37.7 Å². The summed E-state index contributed by atoms with van der Waals surface area (Å²) >= 11 is 5.94. The first-order valence-electron chi connectivity index (χ1n) is 10.1. The molecule has 4 N–H and O–H groups in total. The summed E-state index contributed by atoms with van der Waals surface area (Å²) in [7, 11) is 0. The molecule has 3 amide bonds. The van der Waals surface area contributed by atoms with Gasteiger partial charge in [-0.1, -0.05) is 43.0 Å². The molecule has 0 atom stereocenters. The van der Waals surface area contributed by atoms with Gasteiger partial charge in [-0.15, -0.1) is 0 Å². The van der Waals surface area contributed by atoms with Gasteiger partial charge < -0.3 is 15.1 Å². The van der Waals surface area contributed by atoms with Gasteiger partial charge in [-0.3, -0.25) is 10.1 Å². The topological polar surface area (TPSA) is 67.1 Å². The molecule has 1 saturated carbocycles. The number of hydrogen-bond donors (Lipinski definition) is 4. The average molecular weight is 395 g/mol. The Kier molecular flexibility index (Phi) is 7.50. The second kappa shape index (κ2) is 10.1. The maximum absolute atomic E-state index is 12.2. The molecular formula is C20H31ClN4O2+2. The number of rotatable bonds is 5. The van der Waals surface area contributed by atoms with Gasteiger partial charge in [-0.2, -0.15) is 0 Å². The molecule has 6 nitrogen and oxygen atoms in total. The average Bonchev–Trinajstić information content (AvgIpc) is 2.66. The lowest BCUT2D eigenvalue weighted by Crippen LogP contribution is -3.28. The zero-order valence-corrected chi connectivity index (χ0v) is 16.6. The van der Waals surface area contributed by atoms with E-state index in [9.17, 15) is 9.59 Å². The van der Waals surface area contributed by atoms with Crippen LogP contribution in [0.25, 0.3) is 0 Å². The number of hydrogen-bond acceptors (Lipinski definition) is 2. The van der Waals surface area contributed by atoms with Crippen molar-refractivity contribution in [3.8, 4) is 0 Å². The zero-order chi connectivity index (χ0) is 19.1. The molecule has 1 aliphatic heterocycles. The summed E-state index contributed by atoms with van der Waals surface area (Å²) in [6.07, 6.45) is 5.60. The zero-order valence-electron chi connectivity index (χ0n) is 15.9. The first kappa shape index (κ1) is 20.1. The highest BCUT2D eigenvalue weighted by Gasteiger charge is 2.26. The fourth-order valence-corrected chi connectivity index (χ4v) is 4.19. The molecule has 1 heterocycles. The fourth-order valence-electron chi connectivity index (χ4n) is 4.07. The number of amides is 3. The number of halogens is 1. The van der Waals surface area contributed by atoms with Crippen molar-refractivity contribution in [1.82, 2.24) is 10.6 Å². The Morgan fingerprint density at radius 2 is 1.59 bits per heavy atom. The lowest BCUT2D eigenvalue weighted by Gasteiger charge is -2.29. The molecule has 1 aromatic carbocycles. The van der Waals surface area contributed by atoms with Crippen molar-refractivity contribution in [3.05, 3.63) is 34.9 Å². The van der Waals surface area contributed by atoms with Gasteiger partial charge in [0.15, 0.2) is 6.54 Å². The molecule has 148 valence electrons.